The van der Waals surface area contributed by atoms with E-state index in [1.165, 1.54) is 0 Å². The van der Waals surface area contributed by atoms with Crippen molar-refractivity contribution in [2.45, 2.75) is 40.0 Å². The van der Waals surface area contributed by atoms with Gasteiger partial charge in [-0.15, -0.1) is 0 Å². The quantitative estimate of drug-likeness (QED) is 0.567. The van der Waals surface area contributed by atoms with Gasteiger partial charge < -0.3 is 9.47 Å². The van der Waals surface area contributed by atoms with Gasteiger partial charge in [0.05, 0.1) is 11.1 Å². The van der Waals surface area contributed by atoms with Gasteiger partial charge in [-0.05, 0) is 41.6 Å². The normalized spacial score (nSPS) is 10.7. The molecular weight excluding hydrogens is 356 g/mol. The topological polar surface area (TPSA) is 18.5 Å². The molecule has 0 saturated carbocycles. The third-order valence-electron chi connectivity index (χ3n) is 2.26. The Kier molecular flexibility index (Phi) is 17.9. The van der Waals surface area contributed by atoms with Crippen molar-refractivity contribution in [1.82, 2.24) is 0 Å². The summed E-state index contributed by atoms with van der Waals surface area (Å²) in [4.78, 5) is 0. The van der Waals surface area contributed by atoms with E-state index in [0.717, 1.165) is 38.6 Å². The molecule has 0 unspecified atom stereocenters. The first kappa shape index (κ1) is 30.1. The van der Waals surface area contributed by atoms with E-state index in [-0.39, 0.29) is 30.4 Å². The van der Waals surface area contributed by atoms with E-state index >= 15 is 0 Å². The van der Waals surface area contributed by atoms with E-state index in [4.69, 9.17) is 9.47 Å². The van der Waals surface area contributed by atoms with Gasteiger partial charge in [-0.2, -0.15) is 26.3 Å². The first-order chi connectivity index (χ1) is 11.4. The molecule has 0 bridgehead atoms. The van der Waals surface area contributed by atoms with Gasteiger partial charge in [0.2, 0.25) is 0 Å². The molecule has 10 heteroatoms. The number of ether oxygens (including phenoxy) is 2. The van der Waals surface area contributed by atoms with Crippen LogP contribution < -0.4 is 24.3 Å². The van der Waals surface area contributed by atoms with E-state index in [1.54, 1.807) is 0 Å². The second-order valence-electron chi connectivity index (χ2n) is 4.07. The van der Waals surface area contributed by atoms with Gasteiger partial charge >= 0.3 is 31.2 Å². The fourth-order valence-electron chi connectivity index (χ4n) is 1.21. The van der Waals surface area contributed by atoms with E-state index in [1.807, 2.05) is 27.7 Å². The molecule has 0 spiro atoms. The van der Waals surface area contributed by atoms with Crippen LogP contribution in [0, 0.1) is 0 Å². The van der Waals surface area contributed by atoms with E-state index < -0.39 is 31.3 Å². The Morgan fingerprint density at radius 2 is 0.962 bits per heavy atom. The number of benzene rings is 1. The van der Waals surface area contributed by atoms with E-state index in [0.29, 0.717) is 0 Å². The summed E-state index contributed by atoms with van der Waals surface area (Å²) in [5, 5.41) is 0. The van der Waals surface area contributed by atoms with Crippen LogP contribution >= 0.6 is 0 Å². The number of hydrogen-bond donors (Lipinski definition) is 0. The van der Waals surface area contributed by atoms with Gasteiger partial charge in [-0.25, -0.2) is 5.46 Å². The van der Waals surface area contributed by atoms with Crippen molar-refractivity contribution in [1.29, 1.82) is 0 Å². The maximum atomic E-state index is 12.2. The van der Waals surface area contributed by atoms with Crippen molar-refractivity contribution in [3.63, 3.8) is 0 Å². The molecule has 1 aromatic carbocycles. The number of hydrogen-bond acceptors (Lipinski definition) is 2. The van der Waals surface area contributed by atoms with Gasteiger partial charge in [0.15, 0.2) is 0 Å². The molecule has 2 nitrogen and oxygen atoms in total. The zero-order valence-corrected chi connectivity index (χ0v) is 15.1. The fourth-order valence-corrected chi connectivity index (χ4v) is 1.21. The van der Waals surface area contributed by atoms with Crippen molar-refractivity contribution in [2.24, 2.45) is 0 Å². The van der Waals surface area contributed by atoms with Gasteiger partial charge in [-0.3, -0.25) is 0 Å². The van der Waals surface area contributed by atoms with E-state index in [2.05, 4.69) is 0 Å². The third-order valence-corrected chi connectivity index (χ3v) is 2.26. The summed E-state index contributed by atoms with van der Waals surface area (Å²) in [6.45, 7) is 11.3. The zero-order valence-electron chi connectivity index (χ0n) is 15.1. The number of rotatable bonds is 4. The summed E-state index contributed by atoms with van der Waals surface area (Å²) in [6.07, 6.45) is -9.44. The van der Waals surface area contributed by atoms with Crippen molar-refractivity contribution >= 4 is 13.3 Å². The second kappa shape index (κ2) is 15.4. The third kappa shape index (κ3) is 15.6. The molecular formula is C16H26BF6LiO2. The molecule has 0 aliphatic heterocycles. The maximum absolute atomic E-state index is 12.2. The minimum atomic E-state index is -4.72. The smallest absolute Gasteiger partial charge is 0.382 e. The SMILES string of the molecule is CCOCC.CCOCC.[BH3-]c1cc(C(F)(F)F)cc(C(F)(F)F)c1.[Li+]. The molecule has 0 radical (unpaired) electrons. The summed E-state index contributed by atoms with van der Waals surface area (Å²) >= 11 is 0. The largest absolute Gasteiger partial charge is 1.00 e. The molecule has 0 amide bonds. The summed E-state index contributed by atoms with van der Waals surface area (Å²) in [6, 6.07) is 1.72. The predicted octanol–water partition coefficient (Wildman–Crippen LogP) is 0.804. The summed E-state index contributed by atoms with van der Waals surface area (Å²) in [5.74, 6) is 0. The molecule has 1 rings (SSSR count). The minimum absolute atomic E-state index is 0. The van der Waals surface area contributed by atoms with Gasteiger partial charge in [0, 0.05) is 26.4 Å². The van der Waals surface area contributed by atoms with Crippen molar-refractivity contribution < 1.29 is 54.7 Å². The van der Waals surface area contributed by atoms with Crippen LogP contribution in [0.25, 0.3) is 0 Å². The van der Waals surface area contributed by atoms with Crippen LogP contribution in [0.3, 0.4) is 0 Å². The molecule has 0 atom stereocenters. The van der Waals surface area contributed by atoms with Crippen molar-refractivity contribution in [3.8, 4) is 0 Å². The first-order valence-corrected chi connectivity index (χ1v) is 7.35. The van der Waals surface area contributed by atoms with Crippen LogP contribution in [0.5, 0.6) is 0 Å². The Morgan fingerprint density at radius 3 is 1.12 bits per heavy atom. The Hall–Kier alpha value is -0.618. The Bertz CT molecular complexity index is 425. The molecule has 1 aromatic rings. The van der Waals surface area contributed by atoms with Crippen LogP contribution in [-0.2, 0) is 21.8 Å². The molecule has 0 aliphatic rings. The Labute approximate surface area is 164 Å². The Balaban J connectivity index is -0.000000401. The Morgan fingerprint density at radius 1 is 0.692 bits per heavy atom. The zero-order chi connectivity index (χ0) is 20.1. The first-order valence-electron chi connectivity index (χ1n) is 7.35. The van der Waals surface area contributed by atoms with Crippen LogP contribution in [-0.4, -0.2) is 34.3 Å². The predicted molar refractivity (Wildman–Crippen MR) is 90.4 cm³/mol. The molecule has 0 aromatic heterocycles. The van der Waals surface area contributed by atoms with Crippen molar-refractivity contribution in [3.05, 3.63) is 29.3 Å². The molecule has 0 fully saturated rings. The average molecular weight is 382 g/mol. The van der Waals surface area contributed by atoms with E-state index in [9.17, 15) is 26.3 Å². The van der Waals surface area contributed by atoms with Crippen LogP contribution in [0.4, 0.5) is 26.3 Å². The van der Waals surface area contributed by atoms with Gasteiger partial charge in [0.1, 0.15) is 0 Å². The number of alkyl halides is 6. The number of halogens is 6. The molecule has 26 heavy (non-hydrogen) atoms. The monoisotopic (exact) mass is 382 g/mol. The summed E-state index contributed by atoms with van der Waals surface area (Å²) < 4.78 is 82.8. The molecule has 0 N–H and O–H groups in total. The summed E-state index contributed by atoms with van der Waals surface area (Å²) in [5.41, 5.74) is -2.26. The van der Waals surface area contributed by atoms with Crippen molar-refractivity contribution in [2.75, 3.05) is 26.4 Å². The second-order valence-corrected chi connectivity index (χ2v) is 4.07. The van der Waals surface area contributed by atoms with Gasteiger partial charge in [-0.1, -0.05) is 12.1 Å². The molecule has 0 heterocycles. The molecule has 148 valence electrons. The fraction of sp³-hybridized carbons (Fsp3) is 0.625. The standard InChI is InChI=1S/C8H6BF6.2C4H10O.Li/c9-6-2-4(7(10,11)12)1-5(3-6)8(13,14)15;2*1-3-5-4-2;/h1-3H,9H3;2*3-4H2,1-2H3;/q-1;;;+1. The minimum Gasteiger partial charge on any atom is -0.382 e. The van der Waals surface area contributed by atoms with Crippen LogP contribution in [0.15, 0.2) is 18.2 Å². The molecule has 0 aliphatic carbocycles. The molecule has 0 saturated heterocycles. The summed E-state index contributed by atoms with van der Waals surface area (Å²) in [7, 11) is -0.699. The van der Waals surface area contributed by atoms with Crippen LogP contribution in [0.2, 0.25) is 0 Å². The maximum Gasteiger partial charge on any atom is 1.00 e. The average Bonchev–Trinajstić information content (AvgIpc) is 2.48. The van der Waals surface area contributed by atoms with Crippen LogP contribution in [0.1, 0.15) is 38.8 Å². The van der Waals surface area contributed by atoms with Gasteiger partial charge in [0.25, 0.3) is 0 Å².